The lowest BCUT2D eigenvalue weighted by atomic mass is 10.1. The van der Waals surface area contributed by atoms with Gasteiger partial charge in [0, 0.05) is 19.1 Å². The maximum atomic E-state index is 11.7. The maximum Gasteiger partial charge on any atom is 0.309 e. The highest BCUT2D eigenvalue weighted by atomic mass is 16.4. The van der Waals surface area contributed by atoms with E-state index in [0.29, 0.717) is 19.6 Å². The van der Waals surface area contributed by atoms with Gasteiger partial charge in [-0.1, -0.05) is 0 Å². The number of nitrogens with zero attached hydrogens (tertiary/aromatic N) is 2. The Balaban J connectivity index is 2.81. The molecule has 1 aliphatic rings. The summed E-state index contributed by atoms with van der Waals surface area (Å²) in [6.07, 6.45) is 0. The number of carbonyl (C=O) groups excluding carboxylic acids is 1. The number of carbonyl (C=O) groups is 2. The molecule has 1 amide bonds. The molecule has 1 heterocycles. The summed E-state index contributed by atoms with van der Waals surface area (Å²) in [4.78, 5) is 26.1. The molecule has 1 atom stereocenters. The Morgan fingerprint density at radius 3 is 2.53 bits per heavy atom. The van der Waals surface area contributed by atoms with Crippen LogP contribution < -0.4 is 0 Å². The molecule has 0 aromatic rings. The number of rotatable bonds is 2. The zero-order valence-corrected chi connectivity index (χ0v) is 9.43. The molecule has 1 aliphatic heterocycles. The molecule has 0 radical (unpaired) electrons. The molecule has 1 unspecified atom stereocenters. The van der Waals surface area contributed by atoms with Gasteiger partial charge in [-0.2, -0.15) is 0 Å². The topological polar surface area (TPSA) is 60.9 Å². The van der Waals surface area contributed by atoms with E-state index in [1.165, 1.54) is 0 Å². The van der Waals surface area contributed by atoms with Crippen molar-refractivity contribution in [1.29, 1.82) is 0 Å². The van der Waals surface area contributed by atoms with Gasteiger partial charge in [-0.25, -0.2) is 0 Å². The average Bonchev–Trinajstić information content (AvgIpc) is 2.23. The monoisotopic (exact) mass is 214 g/mol. The van der Waals surface area contributed by atoms with Gasteiger partial charge in [-0.15, -0.1) is 0 Å². The second kappa shape index (κ2) is 4.61. The molecule has 0 saturated carbocycles. The zero-order chi connectivity index (χ0) is 11.6. The lowest BCUT2D eigenvalue weighted by Gasteiger charge is -2.26. The molecule has 86 valence electrons. The third-order valence-corrected chi connectivity index (χ3v) is 2.65. The summed E-state index contributed by atoms with van der Waals surface area (Å²) in [7, 11) is 1.78. The number of carboxylic acids is 1. The summed E-state index contributed by atoms with van der Waals surface area (Å²) >= 11 is 0. The van der Waals surface area contributed by atoms with Crippen molar-refractivity contribution >= 4 is 11.9 Å². The molecular weight excluding hydrogens is 196 g/mol. The first-order chi connectivity index (χ1) is 6.91. The van der Waals surface area contributed by atoms with E-state index in [1.807, 2.05) is 13.8 Å². The fourth-order valence-corrected chi connectivity index (χ4v) is 1.81. The molecule has 1 N–H and O–H groups in total. The van der Waals surface area contributed by atoms with Crippen molar-refractivity contribution in [3.63, 3.8) is 0 Å². The van der Waals surface area contributed by atoms with Crippen LogP contribution in [0.1, 0.15) is 13.8 Å². The van der Waals surface area contributed by atoms with Crippen LogP contribution in [0.2, 0.25) is 0 Å². The molecule has 0 spiro atoms. The van der Waals surface area contributed by atoms with Gasteiger partial charge in [0.25, 0.3) is 0 Å². The summed E-state index contributed by atoms with van der Waals surface area (Å²) in [5.41, 5.74) is 0. The molecule has 5 nitrogen and oxygen atoms in total. The molecule has 1 fully saturated rings. The predicted molar refractivity (Wildman–Crippen MR) is 55.5 cm³/mol. The quantitative estimate of drug-likeness (QED) is 0.695. The van der Waals surface area contributed by atoms with Crippen LogP contribution in [0.5, 0.6) is 0 Å². The van der Waals surface area contributed by atoms with E-state index in [-0.39, 0.29) is 11.9 Å². The van der Waals surface area contributed by atoms with Gasteiger partial charge in [-0.05, 0) is 20.9 Å². The van der Waals surface area contributed by atoms with Crippen LogP contribution in [0.25, 0.3) is 0 Å². The van der Waals surface area contributed by atoms with Crippen LogP contribution in [0.3, 0.4) is 0 Å². The van der Waals surface area contributed by atoms with Crippen molar-refractivity contribution in [1.82, 2.24) is 9.80 Å². The Labute approximate surface area is 89.7 Å². The Kier molecular flexibility index (Phi) is 3.68. The highest BCUT2D eigenvalue weighted by Gasteiger charge is 2.31. The van der Waals surface area contributed by atoms with Crippen molar-refractivity contribution in [2.45, 2.75) is 19.9 Å². The second-order valence-corrected chi connectivity index (χ2v) is 4.37. The molecule has 5 heteroatoms. The fourth-order valence-electron chi connectivity index (χ4n) is 1.81. The number of hydrogen-bond acceptors (Lipinski definition) is 3. The van der Waals surface area contributed by atoms with Gasteiger partial charge < -0.3 is 10.0 Å². The minimum absolute atomic E-state index is 0.0104. The van der Waals surface area contributed by atoms with Crippen molar-refractivity contribution < 1.29 is 14.7 Å². The fraction of sp³-hybridized carbons (Fsp3) is 0.800. The summed E-state index contributed by atoms with van der Waals surface area (Å²) in [6, 6.07) is 0.0610. The van der Waals surface area contributed by atoms with Gasteiger partial charge in [0.15, 0.2) is 0 Å². The zero-order valence-electron chi connectivity index (χ0n) is 9.43. The number of amides is 1. The summed E-state index contributed by atoms with van der Waals surface area (Å²) in [5, 5.41) is 9.00. The third-order valence-electron chi connectivity index (χ3n) is 2.65. The average molecular weight is 214 g/mol. The Morgan fingerprint density at radius 2 is 2.07 bits per heavy atom. The van der Waals surface area contributed by atoms with E-state index < -0.39 is 11.9 Å². The first-order valence-corrected chi connectivity index (χ1v) is 5.12. The second-order valence-electron chi connectivity index (χ2n) is 4.37. The summed E-state index contributed by atoms with van der Waals surface area (Å²) in [6.45, 7) is 4.87. The first-order valence-electron chi connectivity index (χ1n) is 5.12. The minimum Gasteiger partial charge on any atom is -0.481 e. The maximum absolute atomic E-state index is 11.7. The van der Waals surface area contributed by atoms with Crippen LogP contribution in [-0.4, -0.2) is 59.5 Å². The Morgan fingerprint density at radius 1 is 1.47 bits per heavy atom. The van der Waals surface area contributed by atoms with Gasteiger partial charge in [-0.3, -0.25) is 14.5 Å². The largest absolute Gasteiger partial charge is 0.481 e. The Bertz CT molecular complexity index is 265. The van der Waals surface area contributed by atoms with Gasteiger partial charge >= 0.3 is 5.97 Å². The van der Waals surface area contributed by atoms with Crippen LogP contribution in [-0.2, 0) is 9.59 Å². The highest BCUT2D eigenvalue weighted by Crippen LogP contribution is 2.12. The summed E-state index contributed by atoms with van der Waals surface area (Å²) in [5.74, 6) is -1.30. The molecular formula is C10H18N2O3. The van der Waals surface area contributed by atoms with Gasteiger partial charge in [0.2, 0.25) is 5.91 Å². The normalized spacial score (nSPS) is 24.4. The Hall–Kier alpha value is -1.10. The van der Waals surface area contributed by atoms with Gasteiger partial charge in [0.1, 0.15) is 0 Å². The highest BCUT2D eigenvalue weighted by molar-refractivity contribution is 5.80. The standard InChI is InChI=1S/C10H18N2O3/c1-7(2)12-5-8(10(14)15)4-11(3)6-9(12)13/h7-8H,4-6H2,1-3H3,(H,14,15). The van der Waals surface area contributed by atoms with E-state index in [9.17, 15) is 9.59 Å². The van der Waals surface area contributed by atoms with Crippen LogP contribution in [0.15, 0.2) is 0 Å². The molecule has 0 aromatic heterocycles. The molecule has 1 saturated heterocycles. The van der Waals surface area contributed by atoms with E-state index >= 15 is 0 Å². The summed E-state index contributed by atoms with van der Waals surface area (Å²) < 4.78 is 0. The smallest absolute Gasteiger partial charge is 0.309 e. The van der Waals surface area contributed by atoms with Crippen molar-refractivity contribution in [2.75, 3.05) is 26.7 Å². The van der Waals surface area contributed by atoms with E-state index in [0.717, 1.165) is 0 Å². The SMILES string of the molecule is CC(C)N1CC(C(=O)O)CN(C)CC1=O. The number of hydrogen-bond donors (Lipinski definition) is 1. The molecule has 1 rings (SSSR count). The molecule has 0 aromatic carbocycles. The van der Waals surface area contributed by atoms with E-state index in [4.69, 9.17) is 5.11 Å². The number of carboxylic acid groups (broad SMARTS) is 1. The van der Waals surface area contributed by atoms with Crippen molar-refractivity contribution in [2.24, 2.45) is 5.92 Å². The van der Waals surface area contributed by atoms with Crippen molar-refractivity contribution in [3.05, 3.63) is 0 Å². The molecule has 15 heavy (non-hydrogen) atoms. The van der Waals surface area contributed by atoms with Crippen LogP contribution in [0.4, 0.5) is 0 Å². The lowest BCUT2D eigenvalue weighted by Crippen LogP contribution is -2.41. The predicted octanol–water partition coefficient (Wildman–Crippen LogP) is -0.130. The first kappa shape index (κ1) is 12.0. The lowest BCUT2D eigenvalue weighted by molar-refractivity contribution is -0.143. The van der Waals surface area contributed by atoms with E-state index in [1.54, 1.807) is 16.8 Å². The molecule has 0 aliphatic carbocycles. The minimum atomic E-state index is -0.831. The number of likely N-dealkylation sites (N-methyl/N-ethyl adjacent to an activating group) is 1. The van der Waals surface area contributed by atoms with Crippen LogP contribution >= 0.6 is 0 Å². The van der Waals surface area contributed by atoms with E-state index in [2.05, 4.69) is 0 Å². The van der Waals surface area contributed by atoms with Gasteiger partial charge in [0.05, 0.1) is 12.5 Å². The molecule has 0 bridgehead atoms. The number of aliphatic carboxylic acids is 1. The third kappa shape index (κ3) is 2.92. The van der Waals surface area contributed by atoms with Crippen LogP contribution in [0, 0.1) is 5.92 Å². The van der Waals surface area contributed by atoms with Crippen molar-refractivity contribution in [3.8, 4) is 0 Å².